The number of aliphatic hydroxyl groups is 1. The number of rotatable bonds is 11. The molecule has 2 heterocycles. The minimum absolute atomic E-state index is 0.0256. The van der Waals surface area contributed by atoms with E-state index in [0.29, 0.717) is 26.0 Å². The third-order valence-corrected chi connectivity index (χ3v) is 7.21. The van der Waals surface area contributed by atoms with Gasteiger partial charge in [-0.2, -0.15) is 0 Å². The Morgan fingerprint density at radius 1 is 1.03 bits per heavy atom. The number of carbonyl (C=O) groups is 1. The van der Waals surface area contributed by atoms with Gasteiger partial charge in [-0.05, 0) is 66.7 Å². The first-order valence-electron chi connectivity index (χ1n) is 13.2. The van der Waals surface area contributed by atoms with Gasteiger partial charge in [-0.1, -0.05) is 60.7 Å². The number of piperidine rings is 1. The highest BCUT2D eigenvalue weighted by molar-refractivity contribution is 5.84. The molecular weight excluding hydrogens is 464 g/mol. The number of aliphatic hydroxyl groups excluding tert-OH is 1. The van der Waals surface area contributed by atoms with E-state index in [1.54, 1.807) is 0 Å². The number of H-pyrrole nitrogens is 1. The Morgan fingerprint density at radius 3 is 2.68 bits per heavy atom. The van der Waals surface area contributed by atoms with Crippen LogP contribution < -0.4 is 16.0 Å². The Balaban J connectivity index is 1.17. The van der Waals surface area contributed by atoms with E-state index in [0.717, 1.165) is 42.6 Å². The van der Waals surface area contributed by atoms with Gasteiger partial charge in [-0.25, -0.2) is 0 Å². The molecule has 0 saturated carbocycles. The number of aromatic nitrogens is 1. The number of carbonyl (C=O) groups excluding carboxylic acids is 1. The molecule has 0 aliphatic carbocycles. The maximum Gasteiger partial charge on any atom is 0.223 e. The number of hydrogen-bond donors (Lipinski definition) is 5. The normalized spacial score (nSPS) is 16.1. The molecule has 1 saturated heterocycles. The van der Waals surface area contributed by atoms with Crippen molar-refractivity contribution in [3.05, 3.63) is 84.1 Å². The van der Waals surface area contributed by atoms with Gasteiger partial charge in [0.1, 0.15) is 0 Å². The number of hydrogen-bond acceptors (Lipinski definition) is 5. The van der Waals surface area contributed by atoms with Crippen molar-refractivity contribution in [3.8, 4) is 0 Å². The van der Waals surface area contributed by atoms with E-state index in [2.05, 4.69) is 57.3 Å². The standard InChI is InChI=1S/C30H36N4O3/c35-29(23-11-14-31-15-12-23)34-26(18-21-9-10-22-5-1-2-6-24(22)17-21)20-33-30(36)37-16-13-25-19-32-28-8-4-3-7-27(25)28/h1-10,17,19,23,26,30-33,36H,11-16,18,20H2,(H,34,35)/t26?,30-/m0/s1. The van der Waals surface area contributed by atoms with Crippen LogP contribution in [0.2, 0.25) is 0 Å². The van der Waals surface area contributed by atoms with E-state index in [4.69, 9.17) is 4.74 Å². The second-order valence-corrected chi connectivity index (χ2v) is 9.86. The van der Waals surface area contributed by atoms with Crippen LogP contribution in [0.15, 0.2) is 72.9 Å². The molecule has 2 atom stereocenters. The second-order valence-electron chi connectivity index (χ2n) is 9.86. The highest BCUT2D eigenvalue weighted by Gasteiger charge is 2.24. The van der Waals surface area contributed by atoms with Crippen molar-refractivity contribution in [1.29, 1.82) is 0 Å². The van der Waals surface area contributed by atoms with E-state index in [-0.39, 0.29) is 17.9 Å². The minimum atomic E-state index is -1.11. The summed E-state index contributed by atoms with van der Waals surface area (Å²) in [6, 6.07) is 22.7. The van der Waals surface area contributed by atoms with Gasteiger partial charge in [0.05, 0.1) is 6.61 Å². The predicted molar refractivity (Wildman–Crippen MR) is 147 cm³/mol. The van der Waals surface area contributed by atoms with Crippen LogP contribution in [0.4, 0.5) is 0 Å². The lowest BCUT2D eigenvalue weighted by Gasteiger charge is -2.26. The van der Waals surface area contributed by atoms with Crippen molar-refractivity contribution in [3.63, 3.8) is 0 Å². The molecule has 5 N–H and O–H groups in total. The van der Waals surface area contributed by atoms with Crippen LogP contribution >= 0.6 is 0 Å². The Kier molecular flexibility index (Phi) is 8.48. The summed E-state index contributed by atoms with van der Waals surface area (Å²) in [4.78, 5) is 16.3. The van der Waals surface area contributed by atoms with Gasteiger partial charge < -0.3 is 25.5 Å². The Bertz CT molecular complexity index is 1310. The molecular formula is C30H36N4O3. The number of fused-ring (bicyclic) bond motifs is 2. The molecule has 1 aromatic heterocycles. The molecule has 7 nitrogen and oxygen atoms in total. The molecule has 0 bridgehead atoms. The molecule has 4 aromatic rings. The molecule has 1 aliphatic rings. The molecule has 7 heteroatoms. The van der Waals surface area contributed by atoms with Gasteiger partial charge in [0.15, 0.2) is 0 Å². The summed E-state index contributed by atoms with van der Waals surface area (Å²) in [5.74, 6) is 0.113. The first-order chi connectivity index (χ1) is 18.2. The first kappa shape index (κ1) is 25.4. The van der Waals surface area contributed by atoms with Crippen LogP contribution in [-0.2, 0) is 22.4 Å². The van der Waals surface area contributed by atoms with Crippen molar-refractivity contribution in [1.82, 2.24) is 20.9 Å². The third-order valence-electron chi connectivity index (χ3n) is 7.21. The largest absolute Gasteiger partial charge is 0.361 e. The quantitative estimate of drug-likeness (QED) is 0.203. The van der Waals surface area contributed by atoms with Crippen LogP contribution in [-0.4, -0.2) is 54.7 Å². The summed E-state index contributed by atoms with van der Waals surface area (Å²) in [5, 5.41) is 23.6. The monoisotopic (exact) mass is 500 g/mol. The van der Waals surface area contributed by atoms with Crippen LogP contribution in [0.1, 0.15) is 24.0 Å². The summed E-state index contributed by atoms with van der Waals surface area (Å²) in [6.07, 6.45) is 3.93. The van der Waals surface area contributed by atoms with Gasteiger partial charge >= 0.3 is 0 Å². The van der Waals surface area contributed by atoms with Crippen molar-refractivity contribution in [2.45, 2.75) is 38.1 Å². The lowest BCUT2D eigenvalue weighted by molar-refractivity contribution is -0.128. The first-order valence-corrected chi connectivity index (χ1v) is 13.2. The average molecular weight is 501 g/mol. The summed E-state index contributed by atoms with van der Waals surface area (Å²) in [7, 11) is 0. The number of para-hydroxylation sites is 1. The zero-order valence-corrected chi connectivity index (χ0v) is 21.1. The van der Waals surface area contributed by atoms with Gasteiger partial charge in [0.2, 0.25) is 12.3 Å². The summed E-state index contributed by atoms with van der Waals surface area (Å²) < 4.78 is 5.65. The smallest absolute Gasteiger partial charge is 0.223 e. The van der Waals surface area contributed by atoms with Crippen LogP contribution in [0.3, 0.4) is 0 Å². The Hall–Kier alpha value is -3.23. The van der Waals surface area contributed by atoms with E-state index in [9.17, 15) is 9.90 Å². The fourth-order valence-corrected chi connectivity index (χ4v) is 5.15. The fraction of sp³-hybridized carbons (Fsp3) is 0.367. The lowest BCUT2D eigenvalue weighted by atomic mass is 9.96. The number of aromatic amines is 1. The molecule has 1 fully saturated rings. The Labute approximate surface area is 217 Å². The molecule has 37 heavy (non-hydrogen) atoms. The summed E-state index contributed by atoms with van der Waals surface area (Å²) in [5.41, 5.74) is 3.40. The van der Waals surface area contributed by atoms with Crippen molar-refractivity contribution in [2.24, 2.45) is 5.92 Å². The Morgan fingerprint density at radius 2 is 1.81 bits per heavy atom. The molecule has 1 amide bonds. The van der Waals surface area contributed by atoms with E-state index >= 15 is 0 Å². The van der Waals surface area contributed by atoms with E-state index < -0.39 is 6.41 Å². The number of nitrogens with one attached hydrogen (secondary N) is 4. The molecule has 194 valence electrons. The van der Waals surface area contributed by atoms with E-state index in [1.165, 1.54) is 16.2 Å². The van der Waals surface area contributed by atoms with Crippen molar-refractivity contribution >= 4 is 27.6 Å². The number of ether oxygens (including phenoxy) is 1. The zero-order valence-electron chi connectivity index (χ0n) is 21.1. The highest BCUT2D eigenvalue weighted by atomic mass is 16.6. The topological polar surface area (TPSA) is 98.4 Å². The lowest BCUT2D eigenvalue weighted by Crippen LogP contribution is -2.49. The molecule has 0 spiro atoms. The number of amides is 1. The third kappa shape index (κ3) is 6.76. The van der Waals surface area contributed by atoms with Crippen LogP contribution in [0, 0.1) is 5.92 Å². The zero-order chi connectivity index (χ0) is 25.5. The minimum Gasteiger partial charge on any atom is -0.361 e. The summed E-state index contributed by atoms with van der Waals surface area (Å²) in [6.45, 7) is 2.52. The second kappa shape index (κ2) is 12.3. The predicted octanol–water partition coefficient (Wildman–Crippen LogP) is 3.47. The van der Waals surface area contributed by atoms with Gasteiger partial charge in [0, 0.05) is 35.6 Å². The van der Waals surface area contributed by atoms with Crippen LogP contribution in [0.25, 0.3) is 21.7 Å². The maximum absolute atomic E-state index is 13.0. The van der Waals surface area contributed by atoms with Gasteiger partial charge in [0.25, 0.3) is 0 Å². The van der Waals surface area contributed by atoms with Gasteiger partial charge in [-0.3, -0.25) is 10.1 Å². The highest BCUT2D eigenvalue weighted by Crippen LogP contribution is 2.19. The molecule has 0 radical (unpaired) electrons. The van der Waals surface area contributed by atoms with E-state index in [1.807, 2.05) is 36.5 Å². The molecule has 5 rings (SSSR count). The average Bonchev–Trinajstić information content (AvgIpc) is 3.35. The van der Waals surface area contributed by atoms with Gasteiger partial charge in [-0.15, -0.1) is 0 Å². The molecule has 3 aromatic carbocycles. The number of benzene rings is 3. The fourth-order valence-electron chi connectivity index (χ4n) is 5.15. The van der Waals surface area contributed by atoms with Crippen molar-refractivity contribution in [2.75, 3.05) is 26.2 Å². The van der Waals surface area contributed by atoms with Crippen LogP contribution in [0.5, 0.6) is 0 Å². The molecule has 1 unspecified atom stereocenters. The SMILES string of the molecule is O=C(NC(CN[C@@H](O)OCCc1c[nH]c2ccccc12)Cc1ccc2ccccc2c1)C1CCNCC1. The summed E-state index contributed by atoms with van der Waals surface area (Å²) >= 11 is 0. The molecule has 1 aliphatic heterocycles. The van der Waals surface area contributed by atoms with Crippen molar-refractivity contribution < 1.29 is 14.6 Å². The maximum atomic E-state index is 13.0.